The Morgan fingerprint density at radius 1 is 0.850 bits per heavy atom. The molecule has 3 aromatic carbocycles. The van der Waals surface area contributed by atoms with Gasteiger partial charge in [0.15, 0.2) is 0 Å². The molecule has 1 saturated heterocycles. The van der Waals surface area contributed by atoms with Gasteiger partial charge in [-0.25, -0.2) is 0 Å². The average molecular weight is 564 g/mol. The van der Waals surface area contributed by atoms with Crippen LogP contribution in [0.4, 0.5) is 17.1 Å². The Balaban J connectivity index is 1.54. The highest BCUT2D eigenvalue weighted by Crippen LogP contribution is 2.31. The molecule has 2 amide bonds. The molecule has 1 aliphatic heterocycles. The summed E-state index contributed by atoms with van der Waals surface area (Å²) in [6.07, 6.45) is 0. The van der Waals surface area contributed by atoms with Gasteiger partial charge < -0.3 is 30.1 Å². The number of nitrogens with one attached hydrogen (secondary N) is 2. The number of nitrogens with zero attached hydrogens (tertiary/aromatic N) is 3. The van der Waals surface area contributed by atoms with Gasteiger partial charge in [-0.3, -0.25) is 9.59 Å². The van der Waals surface area contributed by atoms with Gasteiger partial charge >= 0.3 is 0 Å². The van der Waals surface area contributed by atoms with Crippen LogP contribution in [0.15, 0.2) is 66.7 Å². The zero-order valence-corrected chi connectivity index (χ0v) is 24.2. The van der Waals surface area contributed by atoms with Crippen molar-refractivity contribution in [3.05, 3.63) is 82.9 Å². The second kappa shape index (κ2) is 14.1. The molecule has 0 saturated carbocycles. The largest absolute Gasteiger partial charge is 0.495 e. The van der Waals surface area contributed by atoms with Crippen LogP contribution in [0.2, 0.25) is 5.02 Å². The molecular formula is C31H38ClN5O3. The number of carbonyl (C=O) groups excluding carboxylic acids is 2. The predicted octanol–water partition coefficient (Wildman–Crippen LogP) is 5.00. The number of rotatable bonds is 11. The van der Waals surface area contributed by atoms with Crippen LogP contribution in [-0.4, -0.2) is 76.2 Å². The number of para-hydroxylation sites is 2. The zero-order valence-electron chi connectivity index (χ0n) is 23.5. The minimum atomic E-state index is -0.323. The minimum Gasteiger partial charge on any atom is -0.495 e. The lowest BCUT2D eigenvalue weighted by Crippen LogP contribution is -2.47. The second-order valence-electron chi connectivity index (χ2n) is 9.59. The Morgan fingerprint density at radius 2 is 1.50 bits per heavy atom. The molecule has 8 nitrogen and oxygen atoms in total. The van der Waals surface area contributed by atoms with Gasteiger partial charge in [-0.15, -0.1) is 0 Å². The summed E-state index contributed by atoms with van der Waals surface area (Å²) in [6, 6.07) is 20.4. The Hall–Kier alpha value is -3.75. The van der Waals surface area contributed by atoms with E-state index in [1.807, 2.05) is 30.3 Å². The van der Waals surface area contributed by atoms with Crippen molar-refractivity contribution >= 4 is 40.5 Å². The number of carbonyl (C=O) groups is 2. The molecule has 0 aromatic heterocycles. The van der Waals surface area contributed by atoms with E-state index < -0.39 is 0 Å². The van der Waals surface area contributed by atoms with E-state index in [4.69, 9.17) is 16.3 Å². The van der Waals surface area contributed by atoms with Crippen molar-refractivity contribution in [2.75, 3.05) is 74.6 Å². The van der Waals surface area contributed by atoms with Gasteiger partial charge in [0.25, 0.3) is 11.8 Å². The van der Waals surface area contributed by atoms with E-state index in [1.165, 1.54) is 0 Å². The van der Waals surface area contributed by atoms with Crippen molar-refractivity contribution in [2.45, 2.75) is 13.8 Å². The Morgan fingerprint density at radius 3 is 2.17 bits per heavy atom. The second-order valence-corrected chi connectivity index (χ2v) is 10.0. The monoisotopic (exact) mass is 563 g/mol. The highest BCUT2D eigenvalue weighted by molar-refractivity contribution is 6.34. The van der Waals surface area contributed by atoms with E-state index >= 15 is 0 Å². The van der Waals surface area contributed by atoms with E-state index in [9.17, 15) is 9.59 Å². The third kappa shape index (κ3) is 7.06. The Labute approximate surface area is 241 Å². The fourth-order valence-corrected chi connectivity index (χ4v) is 5.18. The highest BCUT2D eigenvalue weighted by Gasteiger charge is 2.24. The SMILES string of the molecule is CCN(CC)CCNC(=O)c1cc(NC(=O)c2ccccc2Cl)ccc1N1CCN(c2ccccc2OC)CC1. The van der Waals surface area contributed by atoms with Crippen LogP contribution in [0.25, 0.3) is 0 Å². The molecule has 1 aliphatic rings. The number of piperazine rings is 1. The quantitative estimate of drug-likeness (QED) is 0.342. The van der Waals surface area contributed by atoms with Gasteiger partial charge in [0.2, 0.25) is 0 Å². The topological polar surface area (TPSA) is 77.2 Å². The first kappa shape index (κ1) is 29.2. The average Bonchev–Trinajstić information content (AvgIpc) is 2.99. The summed E-state index contributed by atoms with van der Waals surface area (Å²) in [5, 5.41) is 6.36. The first-order chi connectivity index (χ1) is 19.4. The lowest BCUT2D eigenvalue weighted by atomic mass is 10.1. The number of ether oxygens (including phenoxy) is 1. The lowest BCUT2D eigenvalue weighted by molar-refractivity contribution is 0.0948. The fourth-order valence-electron chi connectivity index (χ4n) is 4.96. The van der Waals surface area contributed by atoms with E-state index in [-0.39, 0.29) is 11.8 Å². The van der Waals surface area contributed by atoms with Crippen molar-refractivity contribution in [2.24, 2.45) is 0 Å². The number of benzene rings is 3. The summed E-state index contributed by atoms with van der Waals surface area (Å²) in [7, 11) is 1.69. The first-order valence-corrected chi connectivity index (χ1v) is 14.2. The van der Waals surface area contributed by atoms with Crippen molar-refractivity contribution < 1.29 is 14.3 Å². The number of hydrogen-bond donors (Lipinski definition) is 2. The summed E-state index contributed by atoms with van der Waals surface area (Å²) < 4.78 is 5.56. The predicted molar refractivity (Wildman–Crippen MR) is 163 cm³/mol. The molecule has 0 aliphatic carbocycles. The van der Waals surface area contributed by atoms with Crippen LogP contribution in [-0.2, 0) is 0 Å². The minimum absolute atomic E-state index is 0.164. The molecule has 1 fully saturated rings. The standard InChI is InChI=1S/C31H38ClN5O3/c1-4-35(5-2)17-16-33-30(38)25-22-23(34-31(39)24-10-6-7-11-26(24)32)14-15-27(25)36-18-20-37(21-19-36)28-12-8-9-13-29(28)40-3/h6-15,22H,4-5,16-21H2,1-3H3,(H,33,38)(H,34,39). The van der Waals surface area contributed by atoms with Gasteiger partial charge in [0.05, 0.1) is 28.9 Å². The molecule has 0 bridgehead atoms. The van der Waals surface area contributed by atoms with Gasteiger partial charge in [-0.2, -0.15) is 0 Å². The molecule has 2 N–H and O–H groups in total. The Bertz CT molecular complexity index is 1310. The molecular weight excluding hydrogens is 526 g/mol. The summed E-state index contributed by atoms with van der Waals surface area (Å²) in [5.74, 6) is 0.364. The Kier molecular flexibility index (Phi) is 10.3. The third-order valence-electron chi connectivity index (χ3n) is 7.27. The van der Waals surface area contributed by atoms with Crippen LogP contribution in [0.3, 0.4) is 0 Å². The molecule has 9 heteroatoms. The number of anilines is 3. The number of halogens is 1. The number of likely N-dealkylation sites (N-methyl/N-ethyl adjacent to an activating group) is 1. The van der Waals surface area contributed by atoms with Crippen molar-refractivity contribution in [3.8, 4) is 5.75 Å². The zero-order chi connectivity index (χ0) is 28.5. The maximum absolute atomic E-state index is 13.5. The smallest absolute Gasteiger partial charge is 0.257 e. The summed E-state index contributed by atoms with van der Waals surface area (Å²) in [6.45, 7) is 10.4. The third-order valence-corrected chi connectivity index (χ3v) is 7.60. The van der Waals surface area contributed by atoms with Crippen molar-refractivity contribution in [1.82, 2.24) is 10.2 Å². The number of hydrogen-bond acceptors (Lipinski definition) is 6. The summed E-state index contributed by atoms with van der Waals surface area (Å²) >= 11 is 6.23. The van der Waals surface area contributed by atoms with Crippen LogP contribution >= 0.6 is 11.6 Å². The van der Waals surface area contributed by atoms with E-state index in [2.05, 4.69) is 45.2 Å². The van der Waals surface area contributed by atoms with Gasteiger partial charge in [-0.05, 0) is 55.6 Å². The molecule has 0 radical (unpaired) electrons. The molecule has 40 heavy (non-hydrogen) atoms. The normalized spacial score (nSPS) is 13.3. The lowest BCUT2D eigenvalue weighted by Gasteiger charge is -2.38. The van der Waals surface area contributed by atoms with Crippen LogP contribution < -0.4 is 25.2 Å². The molecule has 0 atom stereocenters. The molecule has 3 aromatic rings. The summed E-state index contributed by atoms with van der Waals surface area (Å²) in [5.41, 5.74) is 3.36. The molecule has 4 rings (SSSR count). The first-order valence-electron chi connectivity index (χ1n) is 13.8. The van der Waals surface area contributed by atoms with Gasteiger partial charge in [-0.1, -0.05) is 49.7 Å². The van der Waals surface area contributed by atoms with Crippen molar-refractivity contribution in [3.63, 3.8) is 0 Å². The maximum Gasteiger partial charge on any atom is 0.257 e. The molecule has 0 spiro atoms. The van der Waals surface area contributed by atoms with Gasteiger partial charge in [0.1, 0.15) is 5.75 Å². The van der Waals surface area contributed by atoms with Crippen LogP contribution in [0.5, 0.6) is 5.75 Å². The molecule has 212 valence electrons. The van der Waals surface area contributed by atoms with Crippen LogP contribution in [0, 0.1) is 0 Å². The van der Waals surface area contributed by atoms with E-state index in [0.29, 0.717) is 28.4 Å². The van der Waals surface area contributed by atoms with E-state index in [0.717, 1.165) is 62.9 Å². The van der Waals surface area contributed by atoms with Gasteiger partial charge in [0, 0.05) is 50.6 Å². The molecule has 1 heterocycles. The summed E-state index contributed by atoms with van der Waals surface area (Å²) in [4.78, 5) is 33.2. The molecule has 0 unspecified atom stereocenters. The number of methoxy groups -OCH3 is 1. The number of amides is 2. The van der Waals surface area contributed by atoms with Crippen LogP contribution in [0.1, 0.15) is 34.6 Å². The highest BCUT2D eigenvalue weighted by atomic mass is 35.5. The fraction of sp³-hybridized carbons (Fsp3) is 0.355. The van der Waals surface area contributed by atoms with E-state index in [1.54, 1.807) is 37.4 Å². The maximum atomic E-state index is 13.5. The van der Waals surface area contributed by atoms with Crippen molar-refractivity contribution in [1.29, 1.82) is 0 Å².